The lowest BCUT2D eigenvalue weighted by Gasteiger charge is -2.38. The predicted octanol–water partition coefficient (Wildman–Crippen LogP) is 1.11. The molecule has 0 heterocycles. The van der Waals surface area contributed by atoms with Gasteiger partial charge in [0.15, 0.2) is 0 Å². The van der Waals surface area contributed by atoms with Crippen LogP contribution in [0.3, 0.4) is 0 Å². The van der Waals surface area contributed by atoms with Gasteiger partial charge in [-0.25, -0.2) is 0 Å². The molecule has 0 amide bonds. The first-order valence-corrected chi connectivity index (χ1v) is 9.25. The number of benzene rings is 2. The summed E-state index contributed by atoms with van der Waals surface area (Å²) < 4.78 is 11.1. The molecule has 2 rings (SSSR count). The van der Waals surface area contributed by atoms with Crippen LogP contribution in [-0.4, -0.2) is 29.5 Å². The van der Waals surface area contributed by atoms with Gasteiger partial charge >= 0.3 is 8.56 Å². The Hall–Kier alpha value is -1.07. The molecule has 0 aliphatic rings. The highest BCUT2D eigenvalue weighted by Gasteiger charge is 2.49. The molecule has 0 fully saturated rings. The SMILES string of the molecule is NC(c1ccccc1)[Si](O[Si])(O[Si])C(N)c1ccccc1. The van der Waals surface area contributed by atoms with Gasteiger partial charge in [-0.3, -0.25) is 0 Å². The van der Waals surface area contributed by atoms with Crippen molar-refractivity contribution in [2.24, 2.45) is 11.5 Å². The van der Waals surface area contributed by atoms with E-state index >= 15 is 0 Å². The molecule has 2 aromatic carbocycles. The quantitative estimate of drug-likeness (QED) is 0.779. The van der Waals surface area contributed by atoms with Crippen molar-refractivity contribution in [3.63, 3.8) is 0 Å². The van der Waals surface area contributed by atoms with Crippen molar-refractivity contribution < 1.29 is 8.23 Å². The lowest BCUT2D eigenvalue weighted by atomic mass is 10.2. The van der Waals surface area contributed by atoms with Crippen LogP contribution in [0.1, 0.15) is 22.5 Å². The molecule has 0 spiro atoms. The number of rotatable bonds is 6. The minimum atomic E-state index is -3.05. The summed E-state index contributed by atoms with van der Waals surface area (Å²) >= 11 is 0. The van der Waals surface area contributed by atoms with Crippen LogP contribution in [0.4, 0.5) is 0 Å². The van der Waals surface area contributed by atoms with E-state index in [0.717, 1.165) is 11.1 Å². The third-order valence-electron chi connectivity index (χ3n) is 3.50. The predicted molar refractivity (Wildman–Crippen MR) is 86.2 cm³/mol. The van der Waals surface area contributed by atoms with Crippen LogP contribution < -0.4 is 11.5 Å². The molecule has 21 heavy (non-hydrogen) atoms. The molecule has 2 atom stereocenters. The summed E-state index contributed by atoms with van der Waals surface area (Å²) in [5.41, 5.74) is 13.7. The highest BCUT2D eigenvalue weighted by molar-refractivity contribution is 6.75. The maximum Gasteiger partial charge on any atom is 0.360 e. The van der Waals surface area contributed by atoms with E-state index in [2.05, 4.69) is 21.0 Å². The Labute approximate surface area is 132 Å². The van der Waals surface area contributed by atoms with Gasteiger partial charge < -0.3 is 19.7 Å². The fourth-order valence-corrected chi connectivity index (χ4v) is 6.53. The van der Waals surface area contributed by atoms with E-state index < -0.39 is 19.9 Å². The first kappa shape index (κ1) is 16.3. The molecule has 6 radical (unpaired) electrons. The maximum atomic E-state index is 6.40. The smallest absolute Gasteiger partial charge is 0.360 e. The van der Waals surface area contributed by atoms with Crippen LogP contribution in [-0.2, 0) is 8.23 Å². The number of hydrogen-bond acceptors (Lipinski definition) is 4. The Morgan fingerprint density at radius 2 is 1.05 bits per heavy atom. The van der Waals surface area contributed by atoms with Gasteiger partial charge in [-0.15, -0.1) is 0 Å². The fourth-order valence-electron chi connectivity index (χ4n) is 2.25. The van der Waals surface area contributed by atoms with Crippen LogP contribution >= 0.6 is 0 Å². The van der Waals surface area contributed by atoms with E-state index in [0.29, 0.717) is 0 Å². The van der Waals surface area contributed by atoms with E-state index in [1.54, 1.807) is 0 Å². The van der Waals surface area contributed by atoms with Crippen molar-refractivity contribution in [1.29, 1.82) is 0 Å². The Morgan fingerprint density at radius 3 is 1.33 bits per heavy atom. The van der Waals surface area contributed by atoms with Gasteiger partial charge in [-0.05, 0) is 11.1 Å². The fraction of sp³-hybridized carbons (Fsp3) is 0.143. The lowest BCUT2D eigenvalue weighted by molar-refractivity contribution is 0.378. The number of nitrogens with two attached hydrogens (primary N) is 2. The molecule has 0 aliphatic heterocycles. The van der Waals surface area contributed by atoms with Crippen molar-refractivity contribution in [2.45, 2.75) is 11.3 Å². The molecular weight excluding hydrogens is 312 g/mol. The Balaban J connectivity index is 2.40. The summed E-state index contributed by atoms with van der Waals surface area (Å²) in [5.74, 6) is 0. The van der Waals surface area contributed by atoms with Gasteiger partial charge in [0.25, 0.3) is 0 Å². The first-order valence-electron chi connectivity index (χ1n) is 6.46. The Morgan fingerprint density at radius 1 is 0.714 bits per heavy atom. The number of hydrogen-bond donors (Lipinski definition) is 2. The molecule has 0 saturated heterocycles. The molecule has 2 unspecified atom stereocenters. The monoisotopic (exact) mass is 328 g/mol. The van der Waals surface area contributed by atoms with Crippen LogP contribution in [0.15, 0.2) is 60.7 Å². The average Bonchev–Trinajstić information content (AvgIpc) is 2.57. The molecule has 0 aromatic heterocycles. The van der Waals surface area contributed by atoms with Crippen LogP contribution in [0, 0.1) is 0 Å². The summed E-state index contributed by atoms with van der Waals surface area (Å²) in [7, 11) is 3.21. The van der Waals surface area contributed by atoms with Gasteiger partial charge in [0.2, 0.25) is 21.0 Å². The summed E-state index contributed by atoms with van der Waals surface area (Å²) in [6.45, 7) is 0. The normalized spacial score (nSPS) is 14.7. The van der Waals surface area contributed by atoms with E-state index in [1.807, 2.05) is 60.7 Å². The summed E-state index contributed by atoms with van der Waals surface area (Å²) in [4.78, 5) is 0. The zero-order chi connectivity index (χ0) is 15.3. The van der Waals surface area contributed by atoms with Crippen molar-refractivity contribution >= 4 is 29.5 Å². The summed E-state index contributed by atoms with van der Waals surface area (Å²) in [5, 5.41) is 0. The van der Waals surface area contributed by atoms with E-state index in [-0.39, 0.29) is 0 Å². The second kappa shape index (κ2) is 7.27. The van der Waals surface area contributed by atoms with Gasteiger partial charge in [0, 0.05) is 0 Å². The second-order valence-corrected chi connectivity index (χ2v) is 9.02. The highest BCUT2D eigenvalue weighted by atomic mass is 28.4. The van der Waals surface area contributed by atoms with Crippen molar-refractivity contribution in [3.05, 3.63) is 71.8 Å². The molecule has 4 N–H and O–H groups in total. The van der Waals surface area contributed by atoms with Gasteiger partial charge in [0.05, 0.1) is 11.3 Å². The molecular formula is C14H16N2O2Si3. The molecule has 0 aliphatic carbocycles. The van der Waals surface area contributed by atoms with Crippen LogP contribution in [0.25, 0.3) is 0 Å². The standard InChI is InChI=1S/C14H16N2O2Si3/c15-13(11-7-3-1-4-8-11)21(17-19,18-20)14(16)12-9-5-2-6-10-12/h1-10,13-14H,15-16H2. The summed E-state index contributed by atoms with van der Waals surface area (Å²) in [6, 6.07) is 19.3. The summed E-state index contributed by atoms with van der Waals surface area (Å²) in [6.07, 6.45) is 0. The molecule has 4 nitrogen and oxygen atoms in total. The van der Waals surface area contributed by atoms with Gasteiger partial charge in [-0.1, -0.05) is 60.7 Å². The van der Waals surface area contributed by atoms with Gasteiger partial charge in [0.1, 0.15) is 0 Å². The van der Waals surface area contributed by atoms with Crippen molar-refractivity contribution in [2.75, 3.05) is 0 Å². The van der Waals surface area contributed by atoms with Crippen molar-refractivity contribution in [1.82, 2.24) is 0 Å². The second-order valence-electron chi connectivity index (χ2n) is 4.70. The van der Waals surface area contributed by atoms with Crippen LogP contribution in [0.2, 0.25) is 0 Å². The van der Waals surface area contributed by atoms with Crippen LogP contribution in [0.5, 0.6) is 0 Å². The Kier molecular flexibility index (Phi) is 5.65. The highest BCUT2D eigenvalue weighted by Crippen LogP contribution is 2.32. The Bertz CT molecular complexity index is 505. The largest absolute Gasteiger partial charge is 0.435 e. The molecule has 7 heteroatoms. The van der Waals surface area contributed by atoms with Gasteiger partial charge in [-0.2, -0.15) is 0 Å². The van der Waals surface area contributed by atoms with Crippen molar-refractivity contribution in [3.8, 4) is 0 Å². The molecule has 2 aromatic rings. The molecule has 0 saturated carbocycles. The minimum absolute atomic E-state index is 0.469. The van der Waals surface area contributed by atoms with E-state index in [4.69, 9.17) is 19.7 Å². The third kappa shape index (κ3) is 3.24. The third-order valence-corrected chi connectivity index (χ3v) is 8.46. The molecule has 106 valence electrons. The molecule has 0 bridgehead atoms. The minimum Gasteiger partial charge on any atom is -0.435 e. The first-order chi connectivity index (χ1) is 10.2. The lowest BCUT2D eigenvalue weighted by Crippen LogP contribution is -2.59. The maximum absolute atomic E-state index is 6.40. The van der Waals surface area contributed by atoms with E-state index in [1.165, 1.54) is 0 Å². The topological polar surface area (TPSA) is 70.5 Å². The van der Waals surface area contributed by atoms with E-state index in [9.17, 15) is 0 Å². The zero-order valence-electron chi connectivity index (χ0n) is 11.4. The average molecular weight is 329 g/mol. The zero-order valence-corrected chi connectivity index (χ0v) is 14.4.